The van der Waals surface area contributed by atoms with Crippen molar-refractivity contribution in [1.82, 2.24) is 5.32 Å². The summed E-state index contributed by atoms with van der Waals surface area (Å²) >= 11 is 0. The Morgan fingerprint density at radius 2 is 1.71 bits per heavy atom. The summed E-state index contributed by atoms with van der Waals surface area (Å²) in [7, 11) is 0. The first-order valence-electron chi connectivity index (χ1n) is 16.7. The molecular formula is C35H59NO9. The number of nitrogens with one attached hydrogen (secondary N) is 1. The second kappa shape index (κ2) is 11.8. The molecule has 12 atom stereocenters. The molecule has 258 valence electrons. The highest BCUT2D eigenvalue weighted by Crippen LogP contribution is 2.71. The maximum Gasteiger partial charge on any atom is 0.407 e. The van der Waals surface area contributed by atoms with Crippen LogP contribution >= 0.6 is 0 Å². The molecule has 1 saturated heterocycles. The summed E-state index contributed by atoms with van der Waals surface area (Å²) in [5.74, 6) is -1.73. The fourth-order valence-corrected chi connectivity index (χ4v) is 10.1. The molecule has 3 fully saturated rings. The first-order valence-corrected chi connectivity index (χ1v) is 16.7. The van der Waals surface area contributed by atoms with Crippen LogP contribution in [0.2, 0.25) is 0 Å². The lowest BCUT2D eigenvalue weighted by Gasteiger charge is -2.66. The lowest BCUT2D eigenvalue weighted by Crippen LogP contribution is -2.71. The predicted molar refractivity (Wildman–Crippen MR) is 169 cm³/mol. The summed E-state index contributed by atoms with van der Waals surface area (Å²) in [6.45, 7) is 23.2. The number of esters is 1. The van der Waals surface area contributed by atoms with Crippen LogP contribution in [0.1, 0.15) is 102 Å². The van der Waals surface area contributed by atoms with Gasteiger partial charge in [-0.25, -0.2) is 9.59 Å². The highest BCUT2D eigenvalue weighted by Gasteiger charge is 2.73. The van der Waals surface area contributed by atoms with Gasteiger partial charge in [0.15, 0.2) is 6.10 Å². The van der Waals surface area contributed by atoms with E-state index in [0.29, 0.717) is 19.4 Å². The maximum absolute atomic E-state index is 13.6. The van der Waals surface area contributed by atoms with Gasteiger partial charge in [0.2, 0.25) is 0 Å². The van der Waals surface area contributed by atoms with Crippen molar-refractivity contribution in [3.8, 4) is 0 Å². The van der Waals surface area contributed by atoms with Gasteiger partial charge in [0.1, 0.15) is 11.7 Å². The molecular weight excluding hydrogens is 578 g/mol. The average molecular weight is 638 g/mol. The number of aliphatic hydroxyl groups is 4. The second-order valence-corrected chi connectivity index (χ2v) is 17.0. The third-order valence-corrected chi connectivity index (χ3v) is 12.0. The van der Waals surface area contributed by atoms with E-state index in [2.05, 4.69) is 19.2 Å². The third-order valence-electron chi connectivity index (χ3n) is 12.0. The van der Waals surface area contributed by atoms with Crippen LogP contribution in [-0.2, 0) is 19.0 Å². The highest BCUT2D eigenvalue weighted by molar-refractivity contribution is 5.77. The van der Waals surface area contributed by atoms with Crippen LogP contribution in [0.4, 0.5) is 4.79 Å². The SMILES string of the molecule is CC1=C2[C@H](C)[C@H](O)[C@@]3(C)[C@H]([C@H](C)[C@]2(C(C)(C)O)CC1OC(=O)C(O)[C@H](CC(C)C)NC(=O)OC(C)(C)C)[C@]1(C)CO[C@@H]1C[C@@H]3O. The Bertz CT molecular complexity index is 1190. The summed E-state index contributed by atoms with van der Waals surface area (Å²) in [5, 5.41) is 49.7. The second-order valence-electron chi connectivity index (χ2n) is 17.0. The van der Waals surface area contributed by atoms with Gasteiger partial charge in [-0.05, 0) is 71.3 Å². The third kappa shape index (κ3) is 5.74. The average Bonchev–Trinajstić information content (AvgIpc) is 3.16. The highest BCUT2D eigenvalue weighted by atomic mass is 16.6. The molecule has 0 bridgehead atoms. The van der Waals surface area contributed by atoms with Crippen molar-refractivity contribution in [2.24, 2.45) is 39.9 Å². The summed E-state index contributed by atoms with van der Waals surface area (Å²) in [4.78, 5) is 26.2. The van der Waals surface area contributed by atoms with Crippen LogP contribution in [0.25, 0.3) is 0 Å². The van der Waals surface area contributed by atoms with Gasteiger partial charge in [0, 0.05) is 35.0 Å². The Labute approximate surface area is 269 Å². The topological polar surface area (TPSA) is 155 Å². The summed E-state index contributed by atoms with van der Waals surface area (Å²) in [6, 6.07) is -0.935. The van der Waals surface area contributed by atoms with Crippen LogP contribution in [0.5, 0.6) is 0 Å². The Morgan fingerprint density at radius 1 is 1.11 bits per heavy atom. The van der Waals surface area contributed by atoms with Gasteiger partial charge in [0.05, 0.1) is 36.6 Å². The van der Waals surface area contributed by atoms with E-state index in [1.165, 1.54) is 0 Å². The molecule has 10 nitrogen and oxygen atoms in total. The van der Waals surface area contributed by atoms with E-state index in [9.17, 15) is 30.0 Å². The van der Waals surface area contributed by atoms with E-state index in [1.54, 1.807) is 34.6 Å². The molecule has 0 spiro atoms. The number of amides is 1. The number of carbonyl (C=O) groups excluding carboxylic acids is 2. The first kappa shape index (κ1) is 36.1. The van der Waals surface area contributed by atoms with Crippen LogP contribution < -0.4 is 5.32 Å². The van der Waals surface area contributed by atoms with E-state index in [4.69, 9.17) is 14.2 Å². The van der Waals surface area contributed by atoms with E-state index in [0.717, 1.165) is 11.1 Å². The molecule has 1 amide bonds. The number of carbonyl (C=O) groups is 2. The van der Waals surface area contributed by atoms with E-state index in [1.807, 2.05) is 34.6 Å². The van der Waals surface area contributed by atoms with Gasteiger partial charge in [-0.1, -0.05) is 47.1 Å². The Morgan fingerprint density at radius 3 is 2.20 bits per heavy atom. The number of fused-ring (bicyclic) bond motifs is 4. The molecule has 0 radical (unpaired) electrons. The Balaban J connectivity index is 1.71. The zero-order chi connectivity index (χ0) is 34.2. The lowest BCUT2D eigenvalue weighted by molar-refractivity contribution is -0.308. The van der Waals surface area contributed by atoms with Gasteiger partial charge in [0.25, 0.3) is 0 Å². The molecule has 0 aromatic heterocycles. The summed E-state index contributed by atoms with van der Waals surface area (Å²) < 4.78 is 17.4. The Kier molecular flexibility index (Phi) is 9.44. The maximum atomic E-state index is 13.6. The summed E-state index contributed by atoms with van der Waals surface area (Å²) in [6.07, 6.45) is -4.01. The fraction of sp³-hybridized carbons (Fsp3) is 0.886. The fourth-order valence-electron chi connectivity index (χ4n) is 10.1. The van der Waals surface area contributed by atoms with Crippen molar-refractivity contribution in [3.05, 3.63) is 11.1 Å². The van der Waals surface area contributed by atoms with Gasteiger partial charge in [-0.3, -0.25) is 0 Å². The summed E-state index contributed by atoms with van der Waals surface area (Å²) in [5.41, 5.74) is -2.56. The number of aliphatic hydroxyl groups excluding tert-OH is 3. The number of alkyl carbamates (subject to hydrolysis) is 1. The number of hydrogen-bond acceptors (Lipinski definition) is 9. The van der Waals surface area contributed by atoms with Crippen molar-refractivity contribution < 1.29 is 44.2 Å². The predicted octanol–water partition coefficient (Wildman–Crippen LogP) is 4.11. The molecule has 10 heteroatoms. The van der Waals surface area contributed by atoms with Gasteiger partial charge < -0.3 is 40.0 Å². The molecule has 45 heavy (non-hydrogen) atoms. The van der Waals surface area contributed by atoms with Crippen molar-refractivity contribution in [3.63, 3.8) is 0 Å². The van der Waals surface area contributed by atoms with Crippen molar-refractivity contribution in [2.75, 3.05) is 6.61 Å². The molecule has 4 rings (SSSR count). The molecule has 0 aromatic carbocycles. The molecule has 2 saturated carbocycles. The smallest absolute Gasteiger partial charge is 0.407 e. The molecule has 2 unspecified atom stereocenters. The molecule has 4 aliphatic rings. The zero-order valence-electron chi connectivity index (χ0n) is 29.4. The first-order chi connectivity index (χ1) is 20.4. The molecule has 1 heterocycles. The number of hydrogen-bond donors (Lipinski definition) is 5. The van der Waals surface area contributed by atoms with E-state index >= 15 is 0 Å². The molecule has 5 N–H and O–H groups in total. The van der Waals surface area contributed by atoms with Crippen molar-refractivity contribution >= 4 is 12.1 Å². The molecule has 0 aromatic rings. The normalized spacial score (nSPS) is 41.2. The van der Waals surface area contributed by atoms with Crippen LogP contribution in [-0.4, -0.2) is 86.9 Å². The monoisotopic (exact) mass is 637 g/mol. The lowest BCUT2D eigenvalue weighted by atomic mass is 9.44. The minimum absolute atomic E-state index is 0.0526. The van der Waals surface area contributed by atoms with Crippen molar-refractivity contribution in [2.45, 2.75) is 150 Å². The van der Waals surface area contributed by atoms with E-state index < -0.39 is 70.5 Å². The minimum atomic E-state index is -1.65. The van der Waals surface area contributed by atoms with Crippen LogP contribution in [0.3, 0.4) is 0 Å². The largest absolute Gasteiger partial charge is 0.456 e. The van der Waals surface area contributed by atoms with Gasteiger partial charge >= 0.3 is 12.1 Å². The van der Waals surface area contributed by atoms with Crippen LogP contribution in [0, 0.1) is 39.9 Å². The molecule has 3 aliphatic carbocycles. The van der Waals surface area contributed by atoms with Crippen LogP contribution in [0.15, 0.2) is 11.1 Å². The quantitative estimate of drug-likeness (QED) is 0.205. The minimum Gasteiger partial charge on any atom is -0.456 e. The molecule has 1 aliphatic heterocycles. The zero-order valence-corrected chi connectivity index (χ0v) is 29.4. The standard InChI is InChI=1S/C35H59NO9/c1-17(2)13-21(36-30(41)45-31(6,7)8)26(38)29(40)44-22-15-35(32(9,10)42)20(5)27-33(11)16-43-24(33)14-23(37)34(27,12)28(39)19(4)25(35)18(22)3/h17,19-24,26-28,37-39,42H,13-16H2,1-12H3,(H,36,41)/t19-,20-,21-,22?,23-,24+,26?,27+,28-,33+,34+,35+/m0/s1. The van der Waals surface area contributed by atoms with Crippen molar-refractivity contribution in [1.29, 1.82) is 0 Å². The number of ether oxygens (including phenoxy) is 3. The Hall–Kier alpha value is -1.72. The number of rotatable bonds is 7. The van der Waals surface area contributed by atoms with Gasteiger partial charge in [-0.2, -0.15) is 0 Å². The van der Waals surface area contributed by atoms with Gasteiger partial charge in [-0.15, -0.1) is 0 Å². The van der Waals surface area contributed by atoms with E-state index in [-0.39, 0.29) is 35.7 Å².